The fourth-order valence-corrected chi connectivity index (χ4v) is 2.80. The molecule has 2 unspecified atom stereocenters. The second-order valence-corrected chi connectivity index (χ2v) is 6.80. The van der Waals surface area contributed by atoms with E-state index in [0.717, 1.165) is 17.7 Å². The van der Waals surface area contributed by atoms with Gasteiger partial charge in [-0.1, -0.05) is 12.1 Å². The molecule has 138 valence electrons. The number of aryl methyl sites for hydroxylation is 1. The highest BCUT2D eigenvalue weighted by Crippen LogP contribution is 2.23. The lowest BCUT2D eigenvalue weighted by molar-refractivity contribution is -0.146. The number of ether oxygens (including phenoxy) is 3. The zero-order valence-corrected chi connectivity index (χ0v) is 15.0. The van der Waals surface area contributed by atoms with E-state index < -0.39 is 17.7 Å². The quantitative estimate of drug-likeness (QED) is 0.690. The number of rotatable bonds is 9. The SMILES string of the molecule is CC(=O)C(CCCc1ccc(OCC2COC(C)(C)O2)cc1)C(=O)O. The molecule has 0 spiro atoms. The van der Waals surface area contributed by atoms with Crippen LogP contribution in [0.3, 0.4) is 0 Å². The predicted molar refractivity (Wildman–Crippen MR) is 91.6 cm³/mol. The first-order valence-corrected chi connectivity index (χ1v) is 8.53. The van der Waals surface area contributed by atoms with E-state index in [1.165, 1.54) is 6.92 Å². The molecule has 0 aliphatic carbocycles. The Morgan fingerprint density at radius 3 is 2.52 bits per heavy atom. The fraction of sp³-hybridized carbons (Fsp3) is 0.579. The van der Waals surface area contributed by atoms with Crippen LogP contribution in [0, 0.1) is 5.92 Å². The van der Waals surface area contributed by atoms with Crippen LogP contribution in [0.5, 0.6) is 5.75 Å². The Balaban J connectivity index is 1.74. The Hall–Kier alpha value is -1.92. The smallest absolute Gasteiger partial charge is 0.314 e. The van der Waals surface area contributed by atoms with Crippen molar-refractivity contribution in [1.82, 2.24) is 0 Å². The minimum atomic E-state index is -1.04. The van der Waals surface area contributed by atoms with Gasteiger partial charge in [-0.15, -0.1) is 0 Å². The van der Waals surface area contributed by atoms with E-state index in [0.29, 0.717) is 26.1 Å². The van der Waals surface area contributed by atoms with Crippen LogP contribution in [0.25, 0.3) is 0 Å². The molecule has 1 aromatic rings. The fourth-order valence-electron chi connectivity index (χ4n) is 2.80. The molecule has 0 aromatic heterocycles. The third-order valence-corrected chi connectivity index (χ3v) is 4.17. The van der Waals surface area contributed by atoms with Crippen molar-refractivity contribution in [3.63, 3.8) is 0 Å². The second-order valence-electron chi connectivity index (χ2n) is 6.80. The number of hydrogen-bond donors (Lipinski definition) is 1. The molecule has 0 bridgehead atoms. The molecule has 25 heavy (non-hydrogen) atoms. The summed E-state index contributed by atoms with van der Waals surface area (Å²) in [4.78, 5) is 22.3. The first kappa shape index (κ1) is 19.4. The molecule has 1 aromatic carbocycles. The molecule has 6 nitrogen and oxygen atoms in total. The summed E-state index contributed by atoms with van der Waals surface area (Å²) in [6, 6.07) is 7.68. The summed E-state index contributed by atoms with van der Waals surface area (Å²) in [6.45, 7) is 6.03. The van der Waals surface area contributed by atoms with E-state index in [4.69, 9.17) is 19.3 Å². The van der Waals surface area contributed by atoms with E-state index >= 15 is 0 Å². The molecule has 1 saturated heterocycles. The monoisotopic (exact) mass is 350 g/mol. The summed E-state index contributed by atoms with van der Waals surface area (Å²) < 4.78 is 16.9. The standard InChI is InChI=1S/C19H26O6/c1-13(20)17(18(21)22)6-4-5-14-7-9-15(10-8-14)23-11-16-12-24-19(2,3)25-16/h7-10,16-17H,4-6,11-12H2,1-3H3,(H,21,22). The maximum Gasteiger partial charge on any atom is 0.314 e. The van der Waals surface area contributed by atoms with E-state index in [1.54, 1.807) is 0 Å². The highest BCUT2D eigenvalue weighted by molar-refractivity contribution is 5.96. The third-order valence-electron chi connectivity index (χ3n) is 4.17. The van der Waals surface area contributed by atoms with Gasteiger partial charge in [0.2, 0.25) is 0 Å². The molecule has 2 atom stereocenters. The minimum Gasteiger partial charge on any atom is -0.491 e. The molecule has 0 saturated carbocycles. The van der Waals surface area contributed by atoms with Crippen molar-refractivity contribution in [2.75, 3.05) is 13.2 Å². The van der Waals surface area contributed by atoms with E-state index in [-0.39, 0.29) is 11.9 Å². The van der Waals surface area contributed by atoms with Crippen LogP contribution < -0.4 is 4.74 Å². The normalized spacial score (nSPS) is 20.2. The van der Waals surface area contributed by atoms with E-state index in [9.17, 15) is 9.59 Å². The van der Waals surface area contributed by atoms with Crippen LogP contribution >= 0.6 is 0 Å². The van der Waals surface area contributed by atoms with Crippen molar-refractivity contribution in [2.24, 2.45) is 5.92 Å². The molecule has 0 amide bonds. The van der Waals surface area contributed by atoms with Gasteiger partial charge in [-0.05, 0) is 57.7 Å². The number of carbonyl (C=O) groups is 2. The summed E-state index contributed by atoms with van der Waals surface area (Å²) in [6.07, 6.45) is 1.66. The molecule has 1 fully saturated rings. The number of Topliss-reactive ketones (excluding diaryl/α,β-unsaturated/α-hetero) is 1. The van der Waals surface area contributed by atoms with Gasteiger partial charge in [-0.25, -0.2) is 0 Å². The molecule has 1 N–H and O–H groups in total. The summed E-state index contributed by atoms with van der Waals surface area (Å²) in [5, 5.41) is 9.00. The highest BCUT2D eigenvalue weighted by atomic mass is 16.7. The molecule has 1 aliphatic rings. The summed E-state index contributed by atoms with van der Waals surface area (Å²) in [5.41, 5.74) is 1.08. The van der Waals surface area contributed by atoms with Crippen LogP contribution in [0.2, 0.25) is 0 Å². The van der Waals surface area contributed by atoms with Gasteiger partial charge in [0.15, 0.2) is 5.79 Å². The van der Waals surface area contributed by atoms with Gasteiger partial charge in [0, 0.05) is 0 Å². The van der Waals surface area contributed by atoms with Gasteiger partial charge in [0.25, 0.3) is 0 Å². The van der Waals surface area contributed by atoms with Gasteiger partial charge in [0.1, 0.15) is 30.2 Å². The maximum absolute atomic E-state index is 11.3. The first-order valence-electron chi connectivity index (χ1n) is 8.53. The summed E-state index contributed by atoms with van der Waals surface area (Å²) >= 11 is 0. The Morgan fingerprint density at radius 1 is 1.32 bits per heavy atom. The Labute approximate surface area is 148 Å². The molecule has 0 radical (unpaired) electrons. The first-order chi connectivity index (χ1) is 11.8. The highest BCUT2D eigenvalue weighted by Gasteiger charge is 2.32. The average Bonchev–Trinajstić information content (AvgIpc) is 2.89. The van der Waals surface area contributed by atoms with Crippen molar-refractivity contribution in [3.8, 4) is 5.75 Å². The van der Waals surface area contributed by atoms with Crippen molar-refractivity contribution in [2.45, 2.75) is 51.9 Å². The largest absolute Gasteiger partial charge is 0.491 e. The number of carbonyl (C=O) groups excluding carboxylic acids is 1. The Kier molecular flexibility index (Phi) is 6.56. The topological polar surface area (TPSA) is 82.1 Å². The van der Waals surface area contributed by atoms with Gasteiger partial charge in [-0.3, -0.25) is 9.59 Å². The molecule has 1 aliphatic heterocycles. The van der Waals surface area contributed by atoms with Gasteiger partial charge >= 0.3 is 5.97 Å². The minimum absolute atomic E-state index is 0.0748. The number of benzene rings is 1. The van der Waals surface area contributed by atoms with Gasteiger partial charge < -0.3 is 19.3 Å². The lowest BCUT2D eigenvalue weighted by atomic mass is 9.96. The van der Waals surface area contributed by atoms with Crippen molar-refractivity contribution in [3.05, 3.63) is 29.8 Å². The Bertz CT molecular complexity index is 578. The molecular formula is C19H26O6. The van der Waals surface area contributed by atoms with Gasteiger partial charge in [-0.2, -0.15) is 0 Å². The van der Waals surface area contributed by atoms with Crippen LogP contribution in [-0.2, 0) is 25.5 Å². The van der Waals surface area contributed by atoms with E-state index in [1.807, 2.05) is 38.1 Å². The van der Waals surface area contributed by atoms with Crippen LogP contribution in [0.15, 0.2) is 24.3 Å². The van der Waals surface area contributed by atoms with Crippen LogP contribution in [-0.4, -0.2) is 42.0 Å². The number of aliphatic carboxylic acids is 1. The maximum atomic E-state index is 11.3. The number of carboxylic acids is 1. The average molecular weight is 350 g/mol. The second kappa shape index (κ2) is 8.45. The molecular weight excluding hydrogens is 324 g/mol. The molecule has 2 rings (SSSR count). The molecule has 6 heteroatoms. The Morgan fingerprint density at radius 2 is 2.00 bits per heavy atom. The third kappa shape index (κ3) is 6.14. The number of carboxylic acid groups (broad SMARTS) is 1. The van der Waals surface area contributed by atoms with Crippen molar-refractivity contribution in [1.29, 1.82) is 0 Å². The predicted octanol–water partition coefficient (Wildman–Crippen LogP) is 2.83. The zero-order chi connectivity index (χ0) is 18.4. The lowest BCUT2D eigenvalue weighted by Crippen LogP contribution is -2.25. The van der Waals surface area contributed by atoms with Crippen LogP contribution in [0.4, 0.5) is 0 Å². The summed E-state index contributed by atoms with van der Waals surface area (Å²) in [7, 11) is 0. The summed E-state index contributed by atoms with van der Waals surface area (Å²) in [5.74, 6) is -2.04. The molecule has 1 heterocycles. The van der Waals surface area contributed by atoms with E-state index in [2.05, 4.69) is 0 Å². The number of ketones is 1. The van der Waals surface area contributed by atoms with Crippen molar-refractivity contribution < 1.29 is 28.9 Å². The van der Waals surface area contributed by atoms with Crippen LogP contribution in [0.1, 0.15) is 39.2 Å². The van der Waals surface area contributed by atoms with Gasteiger partial charge in [0.05, 0.1) is 6.61 Å². The van der Waals surface area contributed by atoms with Crippen molar-refractivity contribution >= 4 is 11.8 Å². The number of hydrogen-bond acceptors (Lipinski definition) is 5. The lowest BCUT2D eigenvalue weighted by Gasteiger charge is -2.17. The zero-order valence-electron chi connectivity index (χ0n) is 15.0.